The van der Waals surface area contributed by atoms with Gasteiger partial charge in [0.05, 0.1) is 5.03 Å². The number of hydrogen-bond acceptors (Lipinski definition) is 3. The Balaban J connectivity index is 2.48. The van der Waals surface area contributed by atoms with Crippen molar-refractivity contribution in [2.24, 2.45) is 5.73 Å². The largest absolute Gasteiger partial charge is 0.327 e. The molecular weight excluding hydrogens is 236 g/mol. The molecule has 0 aliphatic carbocycles. The maximum Gasteiger partial charge on any atom is 0.0961 e. The van der Waals surface area contributed by atoms with Crippen LogP contribution in [0.2, 0.25) is 0 Å². The van der Waals surface area contributed by atoms with Crippen LogP contribution in [0, 0.1) is 0 Å². The lowest BCUT2D eigenvalue weighted by Crippen LogP contribution is -2.17. The van der Waals surface area contributed by atoms with Crippen LogP contribution in [-0.4, -0.2) is 16.8 Å². The summed E-state index contributed by atoms with van der Waals surface area (Å²) in [4.78, 5) is 4.21. The molecule has 2 N–H and O–H groups in total. The minimum absolute atomic E-state index is 0.223. The first kappa shape index (κ1) is 10.0. The molecule has 66 valence electrons. The number of aromatic nitrogens is 1. The van der Waals surface area contributed by atoms with E-state index in [1.807, 2.05) is 19.1 Å². The van der Waals surface area contributed by atoms with E-state index in [2.05, 4.69) is 20.9 Å². The third-order valence-corrected chi connectivity index (χ3v) is 2.89. The highest BCUT2D eigenvalue weighted by molar-refractivity contribution is 9.10. The molecule has 1 rings (SSSR count). The Hall–Kier alpha value is -0.0600. The van der Waals surface area contributed by atoms with E-state index < -0.39 is 0 Å². The van der Waals surface area contributed by atoms with E-state index in [1.54, 1.807) is 18.0 Å². The minimum atomic E-state index is 0.223. The van der Waals surface area contributed by atoms with Gasteiger partial charge in [0.15, 0.2) is 0 Å². The topological polar surface area (TPSA) is 38.9 Å². The zero-order valence-electron chi connectivity index (χ0n) is 6.83. The Morgan fingerprint density at radius 3 is 2.92 bits per heavy atom. The molecular formula is C8H11BrN2S. The molecule has 0 bridgehead atoms. The van der Waals surface area contributed by atoms with Crippen molar-refractivity contribution in [1.29, 1.82) is 0 Å². The molecule has 0 saturated carbocycles. The summed E-state index contributed by atoms with van der Waals surface area (Å²) in [7, 11) is 0. The molecule has 12 heavy (non-hydrogen) atoms. The van der Waals surface area contributed by atoms with Gasteiger partial charge in [0.1, 0.15) is 0 Å². The molecule has 0 amide bonds. The number of nitrogens with two attached hydrogens (primary N) is 1. The Morgan fingerprint density at radius 2 is 2.42 bits per heavy atom. The zero-order chi connectivity index (χ0) is 8.97. The van der Waals surface area contributed by atoms with Crippen LogP contribution in [-0.2, 0) is 0 Å². The third-order valence-electron chi connectivity index (χ3n) is 1.19. The lowest BCUT2D eigenvalue weighted by atomic mass is 10.4. The number of pyridine rings is 1. The third kappa shape index (κ3) is 3.56. The average molecular weight is 247 g/mol. The van der Waals surface area contributed by atoms with Gasteiger partial charge >= 0.3 is 0 Å². The number of nitrogens with zero attached hydrogens (tertiary/aromatic N) is 1. The van der Waals surface area contributed by atoms with Gasteiger partial charge in [0, 0.05) is 22.5 Å². The minimum Gasteiger partial charge on any atom is -0.327 e. The van der Waals surface area contributed by atoms with Crippen LogP contribution in [0.5, 0.6) is 0 Å². The fraction of sp³-hybridized carbons (Fsp3) is 0.375. The van der Waals surface area contributed by atoms with E-state index in [1.165, 1.54) is 0 Å². The van der Waals surface area contributed by atoms with Crippen LogP contribution in [0.1, 0.15) is 6.92 Å². The van der Waals surface area contributed by atoms with E-state index in [9.17, 15) is 0 Å². The summed E-state index contributed by atoms with van der Waals surface area (Å²) < 4.78 is 1.01. The average Bonchev–Trinajstić information content (AvgIpc) is 2.03. The molecule has 0 spiro atoms. The molecule has 0 radical (unpaired) electrons. The SMILES string of the molecule is CC(N)CSc1ccc(Br)cn1. The van der Waals surface area contributed by atoms with E-state index >= 15 is 0 Å². The number of halogens is 1. The van der Waals surface area contributed by atoms with Crippen molar-refractivity contribution in [2.45, 2.75) is 18.0 Å². The van der Waals surface area contributed by atoms with Gasteiger partial charge < -0.3 is 5.73 Å². The van der Waals surface area contributed by atoms with Crippen molar-refractivity contribution >= 4 is 27.7 Å². The zero-order valence-corrected chi connectivity index (χ0v) is 9.23. The highest BCUT2D eigenvalue weighted by Gasteiger charge is 1.97. The van der Waals surface area contributed by atoms with Gasteiger partial charge in [0.25, 0.3) is 0 Å². The van der Waals surface area contributed by atoms with E-state index in [4.69, 9.17) is 5.73 Å². The van der Waals surface area contributed by atoms with Crippen molar-refractivity contribution in [1.82, 2.24) is 4.98 Å². The number of thioether (sulfide) groups is 1. The van der Waals surface area contributed by atoms with Crippen LogP contribution >= 0.6 is 27.7 Å². The van der Waals surface area contributed by atoms with Crippen LogP contribution in [0.25, 0.3) is 0 Å². The second-order valence-electron chi connectivity index (χ2n) is 2.60. The number of rotatable bonds is 3. The summed E-state index contributed by atoms with van der Waals surface area (Å²) in [6, 6.07) is 4.19. The first-order valence-corrected chi connectivity index (χ1v) is 5.46. The Bertz CT molecular complexity index is 235. The molecule has 0 aliphatic heterocycles. The first-order valence-electron chi connectivity index (χ1n) is 3.68. The standard InChI is InChI=1S/C8H11BrN2S/c1-6(10)5-12-8-3-2-7(9)4-11-8/h2-4,6H,5,10H2,1H3. The fourth-order valence-electron chi connectivity index (χ4n) is 0.664. The van der Waals surface area contributed by atoms with Gasteiger partial charge in [-0.05, 0) is 35.0 Å². The maximum absolute atomic E-state index is 5.61. The highest BCUT2D eigenvalue weighted by atomic mass is 79.9. The Morgan fingerprint density at radius 1 is 1.67 bits per heavy atom. The van der Waals surface area contributed by atoms with E-state index in [-0.39, 0.29) is 6.04 Å². The lowest BCUT2D eigenvalue weighted by molar-refractivity contribution is 0.846. The molecule has 1 atom stereocenters. The van der Waals surface area contributed by atoms with Crippen molar-refractivity contribution in [2.75, 3.05) is 5.75 Å². The summed E-state index contributed by atoms with van der Waals surface area (Å²) in [5.74, 6) is 0.911. The fourth-order valence-corrected chi connectivity index (χ4v) is 1.62. The molecule has 1 aromatic heterocycles. The van der Waals surface area contributed by atoms with Crippen LogP contribution in [0.3, 0.4) is 0 Å². The summed E-state index contributed by atoms with van der Waals surface area (Å²) in [6.45, 7) is 1.99. The smallest absolute Gasteiger partial charge is 0.0961 e. The lowest BCUT2D eigenvalue weighted by Gasteiger charge is -2.03. The summed E-state index contributed by atoms with van der Waals surface area (Å²) in [5, 5.41) is 1.02. The predicted molar refractivity (Wildman–Crippen MR) is 56.3 cm³/mol. The normalized spacial score (nSPS) is 12.9. The molecule has 0 saturated heterocycles. The van der Waals surface area contributed by atoms with Crippen LogP contribution in [0.4, 0.5) is 0 Å². The Kier molecular flexibility index (Phi) is 4.05. The molecule has 4 heteroatoms. The molecule has 1 unspecified atom stereocenters. The second kappa shape index (κ2) is 4.84. The first-order chi connectivity index (χ1) is 5.68. The van der Waals surface area contributed by atoms with Crippen LogP contribution in [0.15, 0.2) is 27.8 Å². The van der Waals surface area contributed by atoms with Gasteiger partial charge in [-0.3, -0.25) is 0 Å². The monoisotopic (exact) mass is 246 g/mol. The molecule has 0 fully saturated rings. The molecule has 1 aromatic rings. The molecule has 0 aromatic carbocycles. The second-order valence-corrected chi connectivity index (χ2v) is 4.56. The van der Waals surface area contributed by atoms with Crippen molar-refractivity contribution in [3.05, 3.63) is 22.8 Å². The van der Waals surface area contributed by atoms with Crippen molar-refractivity contribution < 1.29 is 0 Å². The summed E-state index contributed by atoms with van der Waals surface area (Å²) in [5.41, 5.74) is 5.61. The van der Waals surface area contributed by atoms with Crippen LogP contribution < -0.4 is 5.73 Å². The van der Waals surface area contributed by atoms with Gasteiger partial charge in [-0.15, -0.1) is 11.8 Å². The quantitative estimate of drug-likeness (QED) is 0.833. The van der Waals surface area contributed by atoms with Crippen molar-refractivity contribution in [3.8, 4) is 0 Å². The van der Waals surface area contributed by atoms with E-state index in [0.29, 0.717) is 0 Å². The van der Waals surface area contributed by atoms with Crippen molar-refractivity contribution in [3.63, 3.8) is 0 Å². The van der Waals surface area contributed by atoms with E-state index in [0.717, 1.165) is 15.3 Å². The summed E-state index contributed by atoms with van der Waals surface area (Å²) >= 11 is 5.01. The highest BCUT2D eigenvalue weighted by Crippen LogP contribution is 2.17. The predicted octanol–water partition coefficient (Wildman–Crippen LogP) is 2.28. The molecule has 1 heterocycles. The number of hydrogen-bond donors (Lipinski definition) is 1. The van der Waals surface area contributed by atoms with Gasteiger partial charge in [-0.2, -0.15) is 0 Å². The van der Waals surface area contributed by atoms with Gasteiger partial charge in [0.2, 0.25) is 0 Å². The molecule has 2 nitrogen and oxygen atoms in total. The maximum atomic E-state index is 5.61. The van der Waals surface area contributed by atoms with Gasteiger partial charge in [-0.1, -0.05) is 0 Å². The Labute approximate surface area is 85.1 Å². The molecule has 0 aliphatic rings. The van der Waals surface area contributed by atoms with Gasteiger partial charge in [-0.25, -0.2) is 4.98 Å². The summed E-state index contributed by atoms with van der Waals surface area (Å²) in [6.07, 6.45) is 1.80.